The number of amides is 1. The number of nitrogens with two attached hydrogens (primary N) is 1. The van der Waals surface area contributed by atoms with E-state index in [0.29, 0.717) is 18.7 Å². The van der Waals surface area contributed by atoms with Crippen LogP contribution in [0.15, 0.2) is 48.5 Å². The molecule has 1 aliphatic rings. The summed E-state index contributed by atoms with van der Waals surface area (Å²) >= 11 is 0. The number of nitrogens with one attached hydrogen (secondary N) is 2. The van der Waals surface area contributed by atoms with Crippen LogP contribution >= 0.6 is 24.8 Å². The molecule has 6 nitrogen and oxygen atoms in total. The summed E-state index contributed by atoms with van der Waals surface area (Å²) in [4.78, 5) is 20.9. The summed E-state index contributed by atoms with van der Waals surface area (Å²) in [7, 11) is 0. The highest BCUT2D eigenvalue weighted by Gasteiger charge is 2.62. The van der Waals surface area contributed by atoms with Crippen molar-refractivity contribution >= 4 is 47.4 Å². The quantitative estimate of drug-likeness (QED) is 0.531. The summed E-state index contributed by atoms with van der Waals surface area (Å²) in [5.41, 5.74) is 8.59. The maximum absolute atomic E-state index is 13.0. The third-order valence-electron chi connectivity index (χ3n) is 6.02. The maximum atomic E-state index is 13.0. The minimum absolute atomic E-state index is 0. The van der Waals surface area contributed by atoms with Crippen LogP contribution in [0.2, 0.25) is 0 Å². The van der Waals surface area contributed by atoms with Gasteiger partial charge in [0.15, 0.2) is 0 Å². The number of carbonyl (C=O) groups excluding carboxylic acids is 1. The molecule has 2 unspecified atom stereocenters. The zero-order valence-corrected chi connectivity index (χ0v) is 18.9. The van der Waals surface area contributed by atoms with Crippen LogP contribution in [0.4, 0.5) is 5.69 Å². The first-order chi connectivity index (χ1) is 13.3. The van der Waals surface area contributed by atoms with E-state index in [0.717, 1.165) is 22.4 Å². The fourth-order valence-corrected chi connectivity index (χ4v) is 3.90. The summed E-state index contributed by atoms with van der Waals surface area (Å²) < 4.78 is 5.72. The molecule has 0 aliphatic heterocycles. The van der Waals surface area contributed by atoms with Gasteiger partial charge in [0.2, 0.25) is 5.91 Å². The number of carbonyl (C=O) groups is 1. The van der Waals surface area contributed by atoms with Gasteiger partial charge in [0.05, 0.1) is 17.1 Å². The molecule has 0 spiro atoms. The Labute approximate surface area is 188 Å². The highest BCUT2D eigenvalue weighted by atomic mass is 35.5. The van der Waals surface area contributed by atoms with Crippen LogP contribution < -0.4 is 11.1 Å². The number of imidazole rings is 1. The first-order valence-electron chi connectivity index (χ1n) is 9.62. The van der Waals surface area contributed by atoms with Gasteiger partial charge >= 0.3 is 0 Å². The molecule has 1 aromatic heterocycles. The van der Waals surface area contributed by atoms with Crippen molar-refractivity contribution in [1.29, 1.82) is 0 Å². The zero-order chi connectivity index (χ0) is 19.9. The molecule has 2 aromatic carbocycles. The number of nitrogens with zero attached hydrogens (tertiary/aromatic N) is 1. The Kier molecular flexibility index (Phi) is 7.20. The number of rotatable bonds is 5. The molecule has 3 aromatic rings. The third kappa shape index (κ3) is 3.93. The van der Waals surface area contributed by atoms with E-state index in [9.17, 15) is 4.79 Å². The molecule has 0 bridgehead atoms. The van der Waals surface area contributed by atoms with Gasteiger partial charge in [-0.15, -0.1) is 24.8 Å². The van der Waals surface area contributed by atoms with E-state index in [-0.39, 0.29) is 36.8 Å². The molecular formula is C22H28Cl2N4O2. The Morgan fingerprint density at radius 1 is 1.23 bits per heavy atom. The second-order valence-corrected chi connectivity index (χ2v) is 7.98. The number of aromatic amines is 1. The van der Waals surface area contributed by atoms with E-state index in [1.165, 1.54) is 0 Å². The number of para-hydroxylation sites is 2. The van der Waals surface area contributed by atoms with Crippen molar-refractivity contribution in [3.63, 3.8) is 0 Å². The molecule has 0 saturated heterocycles. The SMILES string of the molecule is CCOC1CC(N)(C(=O)Nc2cccc(-c3nc4ccccc4[nH]3)c2)C1(C)C.Cl.Cl. The van der Waals surface area contributed by atoms with Gasteiger partial charge in [-0.1, -0.05) is 38.1 Å². The summed E-state index contributed by atoms with van der Waals surface area (Å²) in [5.74, 6) is 0.579. The maximum Gasteiger partial charge on any atom is 0.245 e. The normalized spacial score (nSPS) is 21.8. The van der Waals surface area contributed by atoms with Crippen LogP contribution in [0.1, 0.15) is 27.2 Å². The second kappa shape index (κ2) is 8.94. The van der Waals surface area contributed by atoms with Crippen molar-refractivity contribution in [2.75, 3.05) is 11.9 Å². The molecule has 1 fully saturated rings. The predicted octanol–water partition coefficient (Wildman–Crippen LogP) is 4.54. The van der Waals surface area contributed by atoms with Crippen molar-refractivity contribution < 1.29 is 9.53 Å². The molecule has 162 valence electrons. The van der Waals surface area contributed by atoms with E-state index < -0.39 is 11.0 Å². The van der Waals surface area contributed by atoms with Crippen LogP contribution in [0.25, 0.3) is 22.4 Å². The molecule has 4 rings (SSSR count). The lowest BCUT2D eigenvalue weighted by Crippen LogP contribution is -2.74. The number of halogens is 2. The van der Waals surface area contributed by atoms with Gasteiger partial charge in [-0.2, -0.15) is 0 Å². The van der Waals surface area contributed by atoms with Gasteiger partial charge in [-0.25, -0.2) is 4.98 Å². The Hall–Kier alpha value is -2.12. The number of benzene rings is 2. The van der Waals surface area contributed by atoms with Crippen molar-refractivity contribution in [3.05, 3.63) is 48.5 Å². The summed E-state index contributed by atoms with van der Waals surface area (Å²) in [5, 5.41) is 2.99. The molecule has 2 atom stereocenters. The van der Waals surface area contributed by atoms with Gasteiger partial charge in [-0.3, -0.25) is 4.79 Å². The van der Waals surface area contributed by atoms with Crippen LogP contribution in [0.3, 0.4) is 0 Å². The van der Waals surface area contributed by atoms with E-state index >= 15 is 0 Å². The molecule has 30 heavy (non-hydrogen) atoms. The topological polar surface area (TPSA) is 93.0 Å². The average molecular weight is 451 g/mol. The number of aromatic nitrogens is 2. The first-order valence-corrected chi connectivity index (χ1v) is 9.62. The molecule has 1 heterocycles. The lowest BCUT2D eigenvalue weighted by Gasteiger charge is -2.57. The van der Waals surface area contributed by atoms with Gasteiger partial charge in [0, 0.05) is 29.7 Å². The van der Waals surface area contributed by atoms with E-state index in [1.807, 2.05) is 69.3 Å². The van der Waals surface area contributed by atoms with E-state index in [4.69, 9.17) is 10.5 Å². The zero-order valence-electron chi connectivity index (χ0n) is 17.3. The molecular weight excluding hydrogens is 423 g/mol. The van der Waals surface area contributed by atoms with Crippen molar-refractivity contribution in [2.45, 2.75) is 38.8 Å². The Bertz CT molecular complexity index is 1000. The Morgan fingerprint density at radius 3 is 2.63 bits per heavy atom. The van der Waals surface area contributed by atoms with Crippen molar-refractivity contribution in [1.82, 2.24) is 9.97 Å². The standard InChI is InChI=1S/C22H26N4O2.2ClH/c1-4-28-18-13-22(23,21(18,2)3)20(27)24-15-9-7-8-14(12-15)19-25-16-10-5-6-11-17(16)26-19;;/h5-12,18H,4,13,23H2,1-3H3,(H,24,27)(H,25,26);2*1H. The summed E-state index contributed by atoms with van der Waals surface area (Å²) in [6.07, 6.45) is 0.512. The fourth-order valence-electron chi connectivity index (χ4n) is 3.90. The number of hydrogen-bond acceptors (Lipinski definition) is 4. The van der Waals surface area contributed by atoms with Gasteiger partial charge < -0.3 is 20.8 Å². The number of H-pyrrole nitrogens is 1. The molecule has 1 amide bonds. The predicted molar refractivity (Wildman–Crippen MR) is 125 cm³/mol. The number of hydrogen-bond donors (Lipinski definition) is 3. The fraction of sp³-hybridized carbons (Fsp3) is 0.364. The number of fused-ring (bicyclic) bond motifs is 1. The highest BCUT2D eigenvalue weighted by molar-refractivity contribution is 6.00. The molecule has 1 saturated carbocycles. The van der Waals surface area contributed by atoms with E-state index in [1.54, 1.807) is 0 Å². The lowest BCUT2D eigenvalue weighted by molar-refractivity contribution is -0.166. The Morgan fingerprint density at radius 2 is 1.97 bits per heavy atom. The van der Waals surface area contributed by atoms with Crippen LogP contribution in [0, 0.1) is 5.41 Å². The van der Waals surface area contributed by atoms with Crippen molar-refractivity contribution in [3.8, 4) is 11.4 Å². The monoisotopic (exact) mass is 450 g/mol. The largest absolute Gasteiger partial charge is 0.378 e. The Balaban J connectivity index is 0.00000160. The number of anilines is 1. The average Bonchev–Trinajstić information content (AvgIpc) is 3.12. The van der Waals surface area contributed by atoms with Gasteiger partial charge in [0.25, 0.3) is 0 Å². The summed E-state index contributed by atoms with van der Waals surface area (Å²) in [6.45, 7) is 6.55. The number of ether oxygens (including phenoxy) is 1. The smallest absolute Gasteiger partial charge is 0.245 e. The molecule has 8 heteroatoms. The van der Waals surface area contributed by atoms with Crippen LogP contribution in [0.5, 0.6) is 0 Å². The molecule has 0 radical (unpaired) electrons. The minimum atomic E-state index is -0.956. The second-order valence-electron chi connectivity index (χ2n) is 7.98. The van der Waals surface area contributed by atoms with Crippen LogP contribution in [-0.2, 0) is 9.53 Å². The minimum Gasteiger partial charge on any atom is -0.378 e. The van der Waals surface area contributed by atoms with Gasteiger partial charge in [0.1, 0.15) is 11.4 Å². The molecule has 1 aliphatic carbocycles. The molecule has 4 N–H and O–H groups in total. The van der Waals surface area contributed by atoms with Gasteiger partial charge in [-0.05, 0) is 31.2 Å². The highest BCUT2D eigenvalue weighted by Crippen LogP contribution is 2.50. The first kappa shape index (κ1) is 24.2. The van der Waals surface area contributed by atoms with Crippen molar-refractivity contribution in [2.24, 2.45) is 11.1 Å². The third-order valence-corrected chi connectivity index (χ3v) is 6.02. The van der Waals surface area contributed by atoms with Crippen LogP contribution in [-0.4, -0.2) is 34.1 Å². The summed E-state index contributed by atoms with van der Waals surface area (Å²) in [6, 6.07) is 15.5. The van der Waals surface area contributed by atoms with E-state index in [2.05, 4.69) is 15.3 Å². The lowest BCUT2D eigenvalue weighted by atomic mass is 9.54.